The third-order valence-corrected chi connectivity index (χ3v) is 5.20. The number of H-pyrrole nitrogens is 1. The number of nitrogens with zero attached hydrogens (tertiary/aromatic N) is 1. The van der Waals surface area contributed by atoms with E-state index >= 15 is 0 Å². The number of rotatable bonds is 8. The number of aromatic amines is 1. The predicted molar refractivity (Wildman–Crippen MR) is 123 cm³/mol. The summed E-state index contributed by atoms with van der Waals surface area (Å²) >= 11 is 0. The molecule has 3 rings (SSSR count). The van der Waals surface area contributed by atoms with E-state index in [1.165, 1.54) is 0 Å². The van der Waals surface area contributed by atoms with Gasteiger partial charge in [0.15, 0.2) is 16.9 Å². The zero-order chi connectivity index (χ0) is 21.8. The van der Waals surface area contributed by atoms with Crippen molar-refractivity contribution in [1.82, 2.24) is 9.88 Å². The molecule has 0 aliphatic carbocycles. The molecule has 0 aliphatic heterocycles. The van der Waals surface area contributed by atoms with Crippen molar-refractivity contribution < 1.29 is 9.47 Å². The van der Waals surface area contributed by atoms with Gasteiger partial charge in [-0.2, -0.15) is 0 Å². The van der Waals surface area contributed by atoms with Crippen LogP contribution in [0.25, 0.3) is 10.9 Å². The van der Waals surface area contributed by atoms with E-state index in [1.807, 2.05) is 25.1 Å². The summed E-state index contributed by atoms with van der Waals surface area (Å²) in [6.45, 7) is 10.8. The summed E-state index contributed by atoms with van der Waals surface area (Å²) in [4.78, 5) is 18.6. The first-order chi connectivity index (χ1) is 14.3. The quantitative estimate of drug-likeness (QED) is 0.581. The van der Waals surface area contributed by atoms with E-state index in [-0.39, 0.29) is 5.43 Å². The highest BCUT2D eigenvalue weighted by Gasteiger charge is 2.14. The SMILES string of the molecule is COc1ccc(CN(Cc2cc(=O)c3c(C)cc(C)cc3[nH]2)CC(C)C)cc1OC. The van der Waals surface area contributed by atoms with Crippen LogP contribution in [0.1, 0.15) is 36.2 Å². The van der Waals surface area contributed by atoms with Crippen LogP contribution in [-0.4, -0.2) is 30.6 Å². The van der Waals surface area contributed by atoms with Crippen molar-refractivity contribution in [3.8, 4) is 11.5 Å². The molecule has 5 heteroatoms. The van der Waals surface area contributed by atoms with Crippen LogP contribution in [0.5, 0.6) is 11.5 Å². The van der Waals surface area contributed by atoms with E-state index in [0.29, 0.717) is 12.5 Å². The van der Waals surface area contributed by atoms with Gasteiger partial charge in [-0.25, -0.2) is 0 Å². The number of aryl methyl sites for hydroxylation is 2. The monoisotopic (exact) mass is 408 g/mol. The Hall–Kier alpha value is -2.79. The zero-order valence-corrected chi connectivity index (χ0v) is 18.8. The van der Waals surface area contributed by atoms with Gasteiger partial charge >= 0.3 is 0 Å². The number of fused-ring (bicyclic) bond motifs is 1. The molecule has 30 heavy (non-hydrogen) atoms. The summed E-state index contributed by atoms with van der Waals surface area (Å²) in [5.41, 5.74) is 5.22. The second-order valence-corrected chi connectivity index (χ2v) is 8.42. The summed E-state index contributed by atoms with van der Waals surface area (Å²) in [5, 5.41) is 0.777. The smallest absolute Gasteiger partial charge is 0.189 e. The van der Waals surface area contributed by atoms with Gasteiger partial charge in [0.25, 0.3) is 0 Å². The first-order valence-corrected chi connectivity index (χ1v) is 10.4. The molecular formula is C25H32N2O3. The van der Waals surface area contributed by atoms with Gasteiger partial charge in [0, 0.05) is 36.8 Å². The third kappa shape index (κ3) is 5.03. The van der Waals surface area contributed by atoms with E-state index < -0.39 is 0 Å². The van der Waals surface area contributed by atoms with Crippen LogP contribution in [0.2, 0.25) is 0 Å². The Kier molecular flexibility index (Phi) is 6.83. The molecule has 2 aromatic carbocycles. The van der Waals surface area contributed by atoms with Crippen LogP contribution < -0.4 is 14.9 Å². The van der Waals surface area contributed by atoms with Crippen molar-refractivity contribution in [2.24, 2.45) is 5.92 Å². The fourth-order valence-corrected chi connectivity index (χ4v) is 4.10. The Bertz CT molecular complexity index is 1090. The average Bonchev–Trinajstić information content (AvgIpc) is 2.66. The zero-order valence-electron chi connectivity index (χ0n) is 18.8. The fraction of sp³-hybridized carbons (Fsp3) is 0.400. The average molecular weight is 409 g/mol. The first kappa shape index (κ1) is 21.9. The molecule has 1 heterocycles. The molecular weight excluding hydrogens is 376 g/mol. The Morgan fingerprint density at radius 2 is 1.70 bits per heavy atom. The minimum Gasteiger partial charge on any atom is -0.493 e. The van der Waals surface area contributed by atoms with Crippen LogP contribution in [0.4, 0.5) is 0 Å². The molecule has 0 saturated carbocycles. The molecule has 0 fully saturated rings. The van der Waals surface area contributed by atoms with Gasteiger partial charge < -0.3 is 14.5 Å². The summed E-state index contributed by atoms with van der Waals surface area (Å²) in [6.07, 6.45) is 0. The molecule has 1 aromatic heterocycles. The van der Waals surface area contributed by atoms with Gasteiger partial charge in [0.1, 0.15) is 0 Å². The highest BCUT2D eigenvalue weighted by atomic mass is 16.5. The molecule has 160 valence electrons. The van der Waals surface area contributed by atoms with E-state index in [2.05, 4.69) is 42.8 Å². The van der Waals surface area contributed by atoms with Crippen molar-refractivity contribution in [1.29, 1.82) is 0 Å². The topological polar surface area (TPSA) is 54.6 Å². The number of ether oxygens (including phenoxy) is 2. The van der Waals surface area contributed by atoms with Crippen molar-refractivity contribution in [3.63, 3.8) is 0 Å². The molecule has 3 aromatic rings. The molecule has 0 radical (unpaired) electrons. The van der Waals surface area contributed by atoms with Gasteiger partial charge in [0.2, 0.25) is 0 Å². The normalized spacial score (nSPS) is 11.5. The van der Waals surface area contributed by atoms with Gasteiger partial charge in [-0.3, -0.25) is 9.69 Å². The van der Waals surface area contributed by atoms with Crippen molar-refractivity contribution >= 4 is 10.9 Å². The Balaban J connectivity index is 1.91. The summed E-state index contributed by atoms with van der Waals surface area (Å²) in [5.74, 6) is 1.95. The minimum absolute atomic E-state index is 0.0758. The number of hydrogen-bond acceptors (Lipinski definition) is 4. The van der Waals surface area contributed by atoms with Crippen LogP contribution in [0.3, 0.4) is 0 Å². The molecule has 0 unspecified atom stereocenters. The fourth-order valence-electron chi connectivity index (χ4n) is 4.10. The molecule has 0 aliphatic rings. The number of methoxy groups -OCH3 is 2. The molecule has 0 amide bonds. The second kappa shape index (κ2) is 9.35. The maximum atomic E-state index is 12.8. The first-order valence-electron chi connectivity index (χ1n) is 10.4. The Morgan fingerprint density at radius 3 is 2.37 bits per heavy atom. The van der Waals surface area contributed by atoms with E-state index in [0.717, 1.165) is 57.9 Å². The number of nitrogens with one attached hydrogen (secondary N) is 1. The lowest BCUT2D eigenvalue weighted by Crippen LogP contribution is -2.28. The lowest BCUT2D eigenvalue weighted by molar-refractivity contribution is 0.225. The number of pyridine rings is 1. The molecule has 0 atom stereocenters. The van der Waals surface area contributed by atoms with Crippen LogP contribution in [-0.2, 0) is 13.1 Å². The van der Waals surface area contributed by atoms with Crippen molar-refractivity contribution in [2.75, 3.05) is 20.8 Å². The molecule has 1 N–H and O–H groups in total. The maximum absolute atomic E-state index is 12.8. The standard InChI is InChI=1S/C25H32N2O3/c1-16(2)13-27(14-19-7-8-23(29-5)24(11-19)30-6)15-20-12-22(28)25-18(4)9-17(3)10-21(25)26-20/h7-12,16H,13-15H2,1-6H3,(H,26,28). The van der Waals surface area contributed by atoms with E-state index in [9.17, 15) is 4.79 Å². The van der Waals surface area contributed by atoms with Gasteiger partial charge in [-0.1, -0.05) is 26.0 Å². The Labute approximate surface area is 178 Å². The van der Waals surface area contributed by atoms with Crippen molar-refractivity contribution in [2.45, 2.75) is 40.8 Å². The highest BCUT2D eigenvalue weighted by Crippen LogP contribution is 2.28. The van der Waals surface area contributed by atoms with Crippen LogP contribution >= 0.6 is 0 Å². The van der Waals surface area contributed by atoms with Crippen LogP contribution in [0, 0.1) is 19.8 Å². The molecule has 5 nitrogen and oxygen atoms in total. The summed E-state index contributed by atoms with van der Waals surface area (Å²) in [6, 6.07) is 11.9. The Morgan fingerprint density at radius 1 is 0.967 bits per heavy atom. The predicted octanol–water partition coefficient (Wildman–Crippen LogP) is 4.82. The number of hydrogen-bond donors (Lipinski definition) is 1. The molecule has 0 saturated heterocycles. The van der Waals surface area contributed by atoms with Gasteiger partial charge in [-0.05, 0) is 54.7 Å². The van der Waals surface area contributed by atoms with E-state index in [1.54, 1.807) is 20.3 Å². The number of aromatic nitrogens is 1. The van der Waals surface area contributed by atoms with Crippen LogP contribution in [0.15, 0.2) is 41.2 Å². The lowest BCUT2D eigenvalue weighted by atomic mass is 10.1. The van der Waals surface area contributed by atoms with Crippen molar-refractivity contribution in [3.05, 3.63) is 69.0 Å². The lowest BCUT2D eigenvalue weighted by Gasteiger charge is -2.25. The third-order valence-electron chi connectivity index (χ3n) is 5.20. The highest BCUT2D eigenvalue weighted by molar-refractivity contribution is 5.82. The maximum Gasteiger partial charge on any atom is 0.189 e. The summed E-state index contributed by atoms with van der Waals surface area (Å²) < 4.78 is 10.8. The minimum atomic E-state index is 0.0758. The molecule has 0 spiro atoms. The second-order valence-electron chi connectivity index (χ2n) is 8.42. The largest absolute Gasteiger partial charge is 0.493 e. The summed E-state index contributed by atoms with van der Waals surface area (Å²) in [7, 11) is 3.29. The van der Waals surface area contributed by atoms with Gasteiger partial charge in [0.05, 0.1) is 19.7 Å². The van der Waals surface area contributed by atoms with Gasteiger partial charge in [-0.15, -0.1) is 0 Å². The van der Waals surface area contributed by atoms with E-state index in [4.69, 9.17) is 9.47 Å². The number of benzene rings is 2. The molecule has 0 bridgehead atoms.